The first-order valence-corrected chi connectivity index (χ1v) is 18.2. The minimum atomic E-state index is -4.02. The van der Waals surface area contributed by atoms with Gasteiger partial charge in [-0.2, -0.15) is 4.31 Å². The van der Waals surface area contributed by atoms with Gasteiger partial charge >= 0.3 is 5.97 Å². The molecule has 45 heavy (non-hydrogen) atoms. The maximum Gasteiger partial charge on any atom is 0.348 e. The van der Waals surface area contributed by atoms with Gasteiger partial charge in [-0.25, -0.2) is 18.2 Å². The van der Waals surface area contributed by atoms with Gasteiger partial charge in [0, 0.05) is 43.3 Å². The third kappa shape index (κ3) is 5.89. The summed E-state index contributed by atoms with van der Waals surface area (Å²) >= 11 is 1.15. The number of hydrogen-bond acceptors (Lipinski definition) is 8. The lowest BCUT2D eigenvalue weighted by atomic mass is 9.82. The second-order valence-corrected chi connectivity index (χ2v) is 15.6. The Bertz CT molecular complexity index is 1660. The monoisotopic (exact) mass is 649 g/mol. The van der Waals surface area contributed by atoms with Crippen molar-refractivity contribution in [1.29, 1.82) is 0 Å². The first-order valence-electron chi connectivity index (χ1n) is 16.0. The molecule has 1 saturated carbocycles. The third-order valence-electron chi connectivity index (χ3n) is 9.99. The van der Waals surface area contributed by atoms with Gasteiger partial charge in [0.25, 0.3) is 0 Å². The predicted octanol–water partition coefficient (Wildman–Crippen LogP) is 4.78. The first-order chi connectivity index (χ1) is 21.8. The number of nitrogens with zero attached hydrogens (tertiary/aromatic N) is 5. The van der Waals surface area contributed by atoms with E-state index in [-0.39, 0.29) is 28.8 Å². The van der Waals surface area contributed by atoms with Crippen molar-refractivity contribution in [2.75, 3.05) is 49.1 Å². The van der Waals surface area contributed by atoms with Gasteiger partial charge in [0.2, 0.25) is 15.9 Å². The SMILES string of the molecule is O=C(O)c1sc(-c2ccccc2)cc1N1C(=O)CN(S(=O)(=O)c2ccc(N3CCN4CCCC4C3)nc2)CC1C1CCCCC1. The van der Waals surface area contributed by atoms with Crippen LogP contribution in [0.25, 0.3) is 10.4 Å². The summed E-state index contributed by atoms with van der Waals surface area (Å²) in [4.78, 5) is 38.3. The number of aromatic carboxylic acids is 1. The highest BCUT2D eigenvalue weighted by Gasteiger charge is 2.44. The number of pyridine rings is 1. The lowest BCUT2D eigenvalue weighted by Crippen LogP contribution is -2.60. The molecule has 3 aliphatic heterocycles. The van der Waals surface area contributed by atoms with E-state index in [9.17, 15) is 23.1 Å². The first kappa shape index (κ1) is 30.3. The van der Waals surface area contributed by atoms with E-state index in [0.29, 0.717) is 11.7 Å². The second-order valence-electron chi connectivity index (χ2n) is 12.7. The van der Waals surface area contributed by atoms with Gasteiger partial charge in [0.15, 0.2) is 0 Å². The van der Waals surface area contributed by atoms with Crippen LogP contribution in [0.2, 0.25) is 0 Å². The summed E-state index contributed by atoms with van der Waals surface area (Å²) in [6.45, 7) is 3.65. The molecule has 1 N–H and O–H groups in total. The zero-order valence-electron chi connectivity index (χ0n) is 25.3. The Morgan fingerprint density at radius 1 is 0.933 bits per heavy atom. The Balaban J connectivity index is 1.17. The number of amides is 1. The molecule has 3 saturated heterocycles. The van der Waals surface area contributed by atoms with Crippen LogP contribution in [-0.2, 0) is 14.8 Å². The van der Waals surface area contributed by atoms with Crippen LogP contribution in [-0.4, -0.2) is 90.9 Å². The third-order valence-corrected chi connectivity index (χ3v) is 12.9. The lowest BCUT2D eigenvalue weighted by molar-refractivity contribution is -0.121. The Morgan fingerprint density at radius 2 is 1.73 bits per heavy atom. The van der Waals surface area contributed by atoms with Gasteiger partial charge in [-0.15, -0.1) is 11.3 Å². The average molecular weight is 650 g/mol. The number of hydrogen-bond donors (Lipinski definition) is 1. The highest BCUT2D eigenvalue weighted by Crippen LogP contribution is 2.42. The molecule has 2 aromatic heterocycles. The highest BCUT2D eigenvalue weighted by atomic mass is 32.2. The number of carboxylic acid groups (broad SMARTS) is 1. The van der Waals surface area contributed by atoms with Crippen molar-refractivity contribution in [3.05, 3.63) is 59.6 Å². The van der Waals surface area contributed by atoms with Crippen molar-refractivity contribution < 1.29 is 23.1 Å². The van der Waals surface area contributed by atoms with Crippen molar-refractivity contribution in [2.45, 2.75) is 61.9 Å². The van der Waals surface area contributed by atoms with Gasteiger partial charge < -0.3 is 14.9 Å². The number of fused-ring (bicyclic) bond motifs is 1. The van der Waals surface area contributed by atoms with Crippen molar-refractivity contribution in [3.63, 3.8) is 0 Å². The zero-order valence-corrected chi connectivity index (χ0v) is 26.9. The smallest absolute Gasteiger partial charge is 0.348 e. The maximum atomic E-state index is 14.0. The van der Waals surface area contributed by atoms with Crippen LogP contribution in [0.4, 0.5) is 11.5 Å². The molecular weight excluding hydrogens is 611 g/mol. The van der Waals surface area contributed by atoms with Gasteiger partial charge in [-0.3, -0.25) is 9.69 Å². The van der Waals surface area contributed by atoms with Crippen molar-refractivity contribution in [1.82, 2.24) is 14.2 Å². The summed E-state index contributed by atoms with van der Waals surface area (Å²) < 4.78 is 29.3. The van der Waals surface area contributed by atoms with Crippen LogP contribution in [0.3, 0.4) is 0 Å². The molecule has 4 aliphatic rings. The molecule has 5 heterocycles. The summed E-state index contributed by atoms with van der Waals surface area (Å²) in [5.74, 6) is -0.659. The Morgan fingerprint density at radius 3 is 2.47 bits per heavy atom. The summed E-state index contributed by atoms with van der Waals surface area (Å²) in [5, 5.41) is 10.2. The Labute approximate surface area is 268 Å². The number of carboxylic acids is 1. The number of benzene rings is 1. The maximum absolute atomic E-state index is 14.0. The highest BCUT2D eigenvalue weighted by molar-refractivity contribution is 7.89. The van der Waals surface area contributed by atoms with E-state index in [0.717, 1.165) is 85.9 Å². The van der Waals surface area contributed by atoms with Gasteiger partial charge in [-0.05, 0) is 61.9 Å². The Kier molecular flexibility index (Phi) is 8.40. The number of carbonyl (C=O) groups is 2. The molecule has 0 bridgehead atoms. The van der Waals surface area contributed by atoms with E-state index in [1.54, 1.807) is 23.1 Å². The van der Waals surface area contributed by atoms with Gasteiger partial charge in [-0.1, -0.05) is 49.6 Å². The fourth-order valence-electron chi connectivity index (χ4n) is 7.66. The molecule has 2 atom stereocenters. The number of carbonyl (C=O) groups excluding carboxylic acids is 1. The van der Waals surface area contributed by atoms with E-state index in [4.69, 9.17) is 0 Å². The lowest BCUT2D eigenvalue weighted by Gasteiger charge is -2.44. The molecule has 1 aliphatic carbocycles. The molecule has 1 aromatic carbocycles. The number of sulfonamides is 1. The van der Waals surface area contributed by atoms with Crippen LogP contribution in [0.15, 0.2) is 59.6 Å². The van der Waals surface area contributed by atoms with Crippen molar-refractivity contribution >= 4 is 44.7 Å². The Hall–Kier alpha value is -3.32. The second kappa shape index (κ2) is 12.5. The summed E-state index contributed by atoms with van der Waals surface area (Å²) in [7, 11) is -4.02. The minimum absolute atomic E-state index is 0.0668. The number of thiophene rings is 1. The number of piperazine rings is 2. The van der Waals surface area contributed by atoms with Crippen LogP contribution in [0.5, 0.6) is 0 Å². The normalized spacial score (nSPS) is 23.8. The van der Waals surface area contributed by atoms with Crippen LogP contribution in [0, 0.1) is 5.92 Å². The van der Waals surface area contributed by atoms with Crippen LogP contribution >= 0.6 is 11.3 Å². The van der Waals surface area contributed by atoms with E-state index in [2.05, 4.69) is 14.8 Å². The average Bonchev–Trinajstić information content (AvgIpc) is 3.73. The van der Waals surface area contributed by atoms with Crippen molar-refractivity contribution in [3.8, 4) is 10.4 Å². The quantitative estimate of drug-likeness (QED) is 0.389. The zero-order chi connectivity index (χ0) is 31.1. The van der Waals surface area contributed by atoms with Gasteiger partial charge in [0.05, 0.1) is 18.3 Å². The summed E-state index contributed by atoms with van der Waals surface area (Å²) in [6.07, 6.45) is 8.65. The van der Waals surface area contributed by atoms with Crippen molar-refractivity contribution in [2.24, 2.45) is 5.92 Å². The molecule has 12 heteroatoms. The molecule has 0 spiro atoms. The topological polar surface area (TPSA) is 114 Å². The molecule has 7 rings (SSSR count). The molecule has 3 aromatic rings. The molecule has 10 nitrogen and oxygen atoms in total. The number of rotatable bonds is 7. The van der Waals surface area contributed by atoms with E-state index in [1.807, 2.05) is 30.3 Å². The molecule has 238 valence electrons. The molecule has 1 amide bonds. The minimum Gasteiger partial charge on any atom is -0.477 e. The fourth-order valence-corrected chi connectivity index (χ4v) is 10.0. The fraction of sp³-hybridized carbons (Fsp3) is 0.485. The van der Waals surface area contributed by atoms with E-state index >= 15 is 0 Å². The van der Waals surface area contributed by atoms with E-state index < -0.39 is 27.9 Å². The molecule has 2 unspecified atom stereocenters. The predicted molar refractivity (Wildman–Crippen MR) is 174 cm³/mol. The summed E-state index contributed by atoms with van der Waals surface area (Å²) in [6, 6.07) is 14.8. The standard InChI is InChI=1S/C33H39N5O5S2/c39-31-22-37(45(42,43)26-13-14-30(34-19-26)36-17-16-35-15-7-12-25(35)20-36)21-28(23-8-3-1-4-9-23)38(31)27-18-29(44-32(27)33(40)41)24-10-5-2-6-11-24/h2,5-6,10-11,13-14,18-19,23,25,28H,1,3-4,7-9,12,15-17,20-22H2,(H,40,41). The molecular formula is C33H39N5O5S2. The number of aromatic nitrogens is 1. The molecule has 4 fully saturated rings. The summed E-state index contributed by atoms with van der Waals surface area (Å²) in [5.41, 5.74) is 1.23. The largest absolute Gasteiger partial charge is 0.477 e. The van der Waals surface area contributed by atoms with E-state index in [1.165, 1.54) is 23.3 Å². The van der Waals surface area contributed by atoms with Crippen LogP contribution in [0.1, 0.15) is 54.6 Å². The van der Waals surface area contributed by atoms with Gasteiger partial charge in [0.1, 0.15) is 15.6 Å². The molecule has 0 radical (unpaired) electrons. The van der Waals surface area contributed by atoms with Crippen LogP contribution < -0.4 is 9.80 Å². The number of anilines is 2.